The van der Waals surface area contributed by atoms with Crippen molar-refractivity contribution >= 4 is 0 Å². The molecule has 1 heterocycles. The topological polar surface area (TPSA) is 22.1 Å². The van der Waals surface area contributed by atoms with Gasteiger partial charge in [-0.2, -0.15) is 0 Å². The molecule has 1 aromatic rings. The molecule has 0 amide bonds. The van der Waals surface area contributed by atoms with E-state index in [9.17, 15) is 0 Å². The first kappa shape index (κ1) is 11.0. The summed E-state index contributed by atoms with van der Waals surface area (Å²) in [4.78, 5) is 4.18. The Morgan fingerprint density at radius 1 is 1.36 bits per heavy atom. The molecule has 0 N–H and O–H groups in total. The van der Waals surface area contributed by atoms with E-state index in [1.165, 1.54) is 0 Å². The standard InChI is InChI=1S/C12H19NO/c1-5-12(3,4)9-14-11-7-6-10(2)13-8-11/h6-8H,5,9H2,1-4H3. The normalized spacial score (nSPS) is 11.4. The van der Waals surface area contributed by atoms with Crippen molar-refractivity contribution in [2.24, 2.45) is 5.41 Å². The van der Waals surface area contributed by atoms with Gasteiger partial charge in [0.05, 0.1) is 12.8 Å². The van der Waals surface area contributed by atoms with Gasteiger partial charge in [0.2, 0.25) is 0 Å². The molecule has 0 saturated heterocycles. The van der Waals surface area contributed by atoms with Crippen LogP contribution in [0.3, 0.4) is 0 Å². The molecular weight excluding hydrogens is 174 g/mol. The maximum Gasteiger partial charge on any atom is 0.137 e. The second-order valence-corrected chi connectivity index (χ2v) is 4.44. The molecule has 2 heteroatoms. The number of nitrogens with zero attached hydrogens (tertiary/aromatic N) is 1. The fourth-order valence-corrected chi connectivity index (χ4v) is 0.920. The number of hydrogen-bond donors (Lipinski definition) is 0. The molecular formula is C12H19NO. The third-order valence-electron chi connectivity index (χ3n) is 2.47. The summed E-state index contributed by atoms with van der Waals surface area (Å²) in [5, 5.41) is 0. The number of aryl methyl sites for hydroxylation is 1. The summed E-state index contributed by atoms with van der Waals surface area (Å²) in [7, 11) is 0. The molecule has 0 bridgehead atoms. The van der Waals surface area contributed by atoms with Gasteiger partial charge in [-0.25, -0.2) is 0 Å². The van der Waals surface area contributed by atoms with Crippen LogP contribution < -0.4 is 4.74 Å². The minimum atomic E-state index is 0.241. The van der Waals surface area contributed by atoms with E-state index in [2.05, 4.69) is 25.8 Å². The molecule has 1 aromatic heterocycles. The van der Waals surface area contributed by atoms with Gasteiger partial charge in [0.25, 0.3) is 0 Å². The van der Waals surface area contributed by atoms with Crippen molar-refractivity contribution in [3.05, 3.63) is 24.0 Å². The van der Waals surface area contributed by atoms with E-state index in [0.29, 0.717) is 0 Å². The van der Waals surface area contributed by atoms with Crippen LogP contribution in [-0.2, 0) is 0 Å². The maximum atomic E-state index is 5.65. The van der Waals surface area contributed by atoms with E-state index in [-0.39, 0.29) is 5.41 Å². The molecule has 14 heavy (non-hydrogen) atoms. The van der Waals surface area contributed by atoms with Crippen molar-refractivity contribution in [3.8, 4) is 5.75 Å². The van der Waals surface area contributed by atoms with Crippen LogP contribution in [-0.4, -0.2) is 11.6 Å². The molecule has 0 radical (unpaired) electrons. The van der Waals surface area contributed by atoms with E-state index < -0.39 is 0 Å². The Morgan fingerprint density at radius 2 is 2.07 bits per heavy atom. The molecule has 0 fully saturated rings. The summed E-state index contributed by atoms with van der Waals surface area (Å²) >= 11 is 0. The predicted octanol–water partition coefficient (Wildman–Crippen LogP) is 3.21. The third kappa shape index (κ3) is 3.36. The van der Waals surface area contributed by atoms with Crippen molar-refractivity contribution in [1.29, 1.82) is 0 Å². The molecule has 78 valence electrons. The van der Waals surface area contributed by atoms with Crippen molar-refractivity contribution in [2.45, 2.75) is 34.1 Å². The van der Waals surface area contributed by atoms with Crippen LogP contribution in [0.5, 0.6) is 5.75 Å². The Hall–Kier alpha value is -1.05. The lowest BCUT2D eigenvalue weighted by molar-refractivity contribution is 0.175. The predicted molar refractivity (Wildman–Crippen MR) is 58.5 cm³/mol. The summed E-state index contributed by atoms with van der Waals surface area (Å²) in [6.45, 7) is 9.30. The Labute approximate surface area is 86.3 Å². The van der Waals surface area contributed by atoms with Crippen LogP contribution in [0.4, 0.5) is 0 Å². The molecule has 0 aromatic carbocycles. The highest BCUT2D eigenvalue weighted by Gasteiger charge is 2.15. The molecule has 1 rings (SSSR count). The van der Waals surface area contributed by atoms with Crippen LogP contribution in [0.25, 0.3) is 0 Å². The lowest BCUT2D eigenvalue weighted by Crippen LogP contribution is -2.20. The molecule has 0 atom stereocenters. The van der Waals surface area contributed by atoms with E-state index in [1.807, 2.05) is 19.1 Å². The lowest BCUT2D eigenvalue weighted by atomic mass is 9.92. The van der Waals surface area contributed by atoms with Gasteiger partial charge in [0.15, 0.2) is 0 Å². The fraction of sp³-hybridized carbons (Fsp3) is 0.583. The summed E-state index contributed by atoms with van der Waals surface area (Å²) in [6, 6.07) is 3.93. The zero-order valence-electron chi connectivity index (χ0n) is 9.50. The first-order valence-corrected chi connectivity index (χ1v) is 5.09. The fourth-order valence-electron chi connectivity index (χ4n) is 0.920. The summed E-state index contributed by atoms with van der Waals surface area (Å²) < 4.78 is 5.65. The zero-order chi connectivity index (χ0) is 10.6. The SMILES string of the molecule is CCC(C)(C)COc1ccc(C)nc1. The molecule has 0 unspecified atom stereocenters. The Bertz CT molecular complexity index is 277. The molecule has 2 nitrogen and oxygen atoms in total. The number of ether oxygens (including phenoxy) is 1. The first-order valence-electron chi connectivity index (χ1n) is 5.09. The molecule has 0 aliphatic rings. The lowest BCUT2D eigenvalue weighted by Gasteiger charge is -2.22. The highest BCUT2D eigenvalue weighted by molar-refractivity contribution is 5.19. The molecule has 0 spiro atoms. The second-order valence-electron chi connectivity index (χ2n) is 4.44. The van der Waals surface area contributed by atoms with Crippen molar-refractivity contribution in [1.82, 2.24) is 4.98 Å². The smallest absolute Gasteiger partial charge is 0.137 e. The summed E-state index contributed by atoms with van der Waals surface area (Å²) in [6.07, 6.45) is 2.90. The monoisotopic (exact) mass is 193 g/mol. The Balaban J connectivity index is 2.50. The van der Waals surface area contributed by atoms with Crippen LogP contribution in [0.2, 0.25) is 0 Å². The minimum absolute atomic E-state index is 0.241. The number of aromatic nitrogens is 1. The molecule has 0 saturated carbocycles. The average Bonchev–Trinajstić information content (AvgIpc) is 2.17. The maximum absolute atomic E-state index is 5.65. The van der Waals surface area contributed by atoms with Crippen molar-refractivity contribution < 1.29 is 4.74 Å². The number of pyridine rings is 1. The van der Waals surface area contributed by atoms with Crippen LogP contribution in [0, 0.1) is 12.3 Å². The van der Waals surface area contributed by atoms with Crippen LogP contribution in [0.1, 0.15) is 32.9 Å². The number of hydrogen-bond acceptors (Lipinski definition) is 2. The molecule has 0 aliphatic carbocycles. The van der Waals surface area contributed by atoms with Gasteiger partial charge < -0.3 is 4.74 Å². The van der Waals surface area contributed by atoms with Crippen molar-refractivity contribution in [2.75, 3.05) is 6.61 Å². The van der Waals surface area contributed by atoms with Gasteiger partial charge in [0.1, 0.15) is 5.75 Å². The highest BCUT2D eigenvalue weighted by Crippen LogP contribution is 2.21. The van der Waals surface area contributed by atoms with E-state index >= 15 is 0 Å². The molecule has 0 aliphatic heterocycles. The minimum Gasteiger partial charge on any atom is -0.491 e. The second kappa shape index (κ2) is 4.45. The number of rotatable bonds is 4. The van der Waals surface area contributed by atoms with E-state index in [0.717, 1.165) is 24.5 Å². The van der Waals surface area contributed by atoms with Gasteiger partial charge in [-0.3, -0.25) is 4.98 Å². The highest BCUT2D eigenvalue weighted by atomic mass is 16.5. The summed E-state index contributed by atoms with van der Waals surface area (Å²) in [5.74, 6) is 0.858. The Kier molecular flexibility index (Phi) is 3.50. The first-order chi connectivity index (χ1) is 6.53. The largest absolute Gasteiger partial charge is 0.491 e. The van der Waals surface area contributed by atoms with Gasteiger partial charge >= 0.3 is 0 Å². The van der Waals surface area contributed by atoms with Crippen LogP contribution in [0.15, 0.2) is 18.3 Å². The van der Waals surface area contributed by atoms with Crippen molar-refractivity contribution in [3.63, 3.8) is 0 Å². The quantitative estimate of drug-likeness (QED) is 0.732. The third-order valence-corrected chi connectivity index (χ3v) is 2.47. The zero-order valence-corrected chi connectivity index (χ0v) is 9.50. The summed E-state index contributed by atoms with van der Waals surface area (Å²) in [5.41, 5.74) is 1.26. The van der Waals surface area contributed by atoms with Gasteiger partial charge in [-0.15, -0.1) is 0 Å². The van der Waals surface area contributed by atoms with Gasteiger partial charge in [0, 0.05) is 5.69 Å². The van der Waals surface area contributed by atoms with Crippen LogP contribution >= 0.6 is 0 Å². The van der Waals surface area contributed by atoms with E-state index in [1.54, 1.807) is 6.20 Å². The van der Waals surface area contributed by atoms with Gasteiger partial charge in [-0.1, -0.05) is 20.8 Å². The average molecular weight is 193 g/mol. The van der Waals surface area contributed by atoms with E-state index in [4.69, 9.17) is 4.74 Å². The Morgan fingerprint density at radius 3 is 2.57 bits per heavy atom. The van der Waals surface area contributed by atoms with Gasteiger partial charge in [-0.05, 0) is 30.9 Å².